The molecule has 0 fully saturated rings. The van der Waals surface area contributed by atoms with E-state index in [0.717, 1.165) is 4.90 Å². The van der Waals surface area contributed by atoms with Crippen molar-refractivity contribution in [3.63, 3.8) is 0 Å². The molecule has 0 aliphatic carbocycles. The summed E-state index contributed by atoms with van der Waals surface area (Å²) in [5.41, 5.74) is 1.35. The fraction of sp³-hybridized carbons (Fsp3) is 0.111. The molecule has 1 heterocycles. The van der Waals surface area contributed by atoms with Gasteiger partial charge in [0.15, 0.2) is 0 Å². The smallest absolute Gasteiger partial charge is 0.338 e. The van der Waals surface area contributed by atoms with Gasteiger partial charge in [-0.3, -0.25) is 14.4 Å². The second-order valence-corrected chi connectivity index (χ2v) is 8.72. The van der Waals surface area contributed by atoms with Crippen LogP contribution in [0.1, 0.15) is 27.6 Å². The predicted octanol–water partition coefficient (Wildman–Crippen LogP) is 5.21. The Labute approximate surface area is 227 Å². The van der Waals surface area contributed by atoms with Gasteiger partial charge in [-0.15, -0.1) is 0 Å². The van der Waals surface area contributed by atoms with Gasteiger partial charge in [0.2, 0.25) is 0 Å². The lowest BCUT2D eigenvalue weighted by Crippen LogP contribution is -2.32. The zero-order valence-electron chi connectivity index (χ0n) is 20.2. The van der Waals surface area contributed by atoms with Crippen LogP contribution in [0.25, 0.3) is 0 Å². The maximum Gasteiger partial charge on any atom is 0.338 e. The minimum absolute atomic E-state index is 0.153. The van der Waals surface area contributed by atoms with Crippen LogP contribution in [-0.2, 0) is 14.3 Å². The van der Waals surface area contributed by atoms with Crippen LogP contribution in [0.5, 0.6) is 5.75 Å². The molecule has 3 aromatic carbocycles. The summed E-state index contributed by atoms with van der Waals surface area (Å²) in [4.78, 5) is 51.6. The van der Waals surface area contributed by atoms with Gasteiger partial charge < -0.3 is 20.1 Å². The van der Waals surface area contributed by atoms with E-state index in [2.05, 4.69) is 10.6 Å². The number of nitrogens with one attached hydrogen (secondary N) is 2. The molecule has 3 aromatic rings. The summed E-state index contributed by atoms with van der Waals surface area (Å²) >= 11 is 12.3. The topological polar surface area (TPSA) is 114 Å². The van der Waals surface area contributed by atoms with Crippen molar-refractivity contribution in [3.05, 3.63) is 93.6 Å². The highest BCUT2D eigenvalue weighted by Crippen LogP contribution is 2.31. The van der Waals surface area contributed by atoms with Crippen LogP contribution in [0.3, 0.4) is 0 Å². The lowest BCUT2D eigenvalue weighted by Gasteiger charge is -2.15. The molecule has 0 radical (unpaired) electrons. The lowest BCUT2D eigenvalue weighted by atomic mass is 10.1. The quantitative estimate of drug-likeness (QED) is 0.290. The van der Waals surface area contributed by atoms with Crippen LogP contribution in [0.4, 0.5) is 17.1 Å². The maximum absolute atomic E-state index is 13.1. The Morgan fingerprint density at radius 3 is 2.34 bits per heavy atom. The maximum atomic E-state index is 13.1. The summed E-state index contributed by atoms with van der Waals surface area (Å²) in [5, 5.41) is 5.68. The van der Waals surface area contributed by atoms with Gasteiger partial charge in [-0.1, -0.05) is 29.3 Å². The molecule has 0 bridgehead atoms. The first-order valence-corrected chi connectivity index (χ1v) is 12.1. The predicted molar refractivity (Wildman–Crippen MR) is 144 cm³/mol. The number of imide groups is 1. The van der Waals surface area contributed by atoms with Gasteiger partial charge in [0, 0.05) is 16.3 Å². The number of ether oxygens (including phenoxy) is 2. The normalized spacial score (nSPS) is 13.0. The molecule has 38 heavy (non-hydrogen) atoms. The van der Waals surface area contributed by atoms with E-state index in [0.29, 0.717) is 22.1 Å². The summed E-state index contributed by atoms with van der Waals surface area (Å²) in [6, 6.07) is 16.9. The van der Waals surface area contributed by atoms with Crippen LogP contribution in [0, 0.1) is 0 Å². The van der Waals surface area contributed by atoms with Gasteiger partial charge in [0.05, 0.1) is 30.7 Å². The van der Waals surface area contributed by atoms with Crippen molar-refractivity contribution < 1.29 is 28.7 Å². The third kappa shape index (κ3) is 5.49. The van der Waals surface area contributed by atoms with E-state index >= 15 is 0 Å². The van der Waals surface area contributed by atoms with Crippen LogP contribution in [0.2, 0.25) is 5.02 Å². The molecule has 1 aliphatic rings. The Morgan fingerprint density at radius 2 is 1.66 bits per heavy atom. The van der Waals surface area contributed by atoms with Gasteiger partial charge in [-0.25, -0.2) is 9.69 Å². The van der Waals surface area contributed by atoms with Crippen molar-refractivity contribution in [3.8, 4) is 5.75 Å². The summed E-state index contributed by atoms with van der Waals surface area (Å²) in [7, 11) is 1.47. The summed E-state index contributed by atoms with van der Waals surface area (Å²) in [6.45, 7) is 1.91. The number of hydrogen-bond donors (Lipinski definition) is 2. The van der Waals surface area contributed by atoms with Gasteiger partial charge in [0.25, 0.3) is 17.7 Å². The molecule has 3 amide bonds. The summed E-state index contributed by atoms with van der Waals surface area (Å²) < 4.78 is 10.2. The molecular formula is C27H21Cl2N3O6. The van der Waals surface area contributed by atoms with Crippen LogP contribution >= 0.6 is 23.2 Å². The Bertz CT molecular complexity index is 1470. The first-order chi connectivity index (χ1) is 18.2. The Morgan fingerprint density at radius 1 is 0.921 bits per heavy atom. The number of nitrogens with zero attached hydrogens (tertiary/aromatic N) is 1. The molecular weight excluding hydrogens is 533 g/mol. The van der Waals surface area contributed by atoms with E-state index in [1.807, 2.05) is 0 Å². The second kappa shape index (κ2) is 11.4. The van der Waals surface area contributed by atoms with E-state index < -0.39 is 23.7 Å². The Kier molecular flexibility index (Phi) is 7.99. The molecule has 0 unspecified atom stereocenters. The van der Waals surface area contributed by atoms with Crippen LogP contribution < -0.4 is 20.3 Å². The number of rotatable bonds is 8. The molecule has 4 rings (SSSR count). The van der Waals surface area contributed by atoms with Crippen molar-refractivity contribution in [1.29, 1.82) is 0 Å². The van der Waals surface area contributed by atoms with E-state index in [9.17, 15) is 19.2 Å². The van der Waals surface area contributed by atoms with Crippen molar-refractivity contribution in [1.82, 2.24) is 0 Å². The highest BCUT2D eigenvalue weighted by Gasteiger charge is 2.39. The molecule has 1 aliphatic heterocycles. The standard InChI is InChI=1S/C27H21Cl2N3O6/c1-3-38-27(36)15-7-10-19(11-8-15)32-25(34)22(29)23(26(32)35)30-18-6-4-5-16(13-18)24(33)31-20-14-17(28)9-12-21(20)37-2/h4-14,30H,3H2,1-2H3,(H,31,33). The third-order valence-electron chi connectivity index (χ3n) is 5.47. The number of hydrogen-bond acceptors (Lipinski definition) is 7. The van der Waals surface area contributed by atoms with E-state index in [1.54, 1.807) is 43.3 Å². The first kappa shape index (κ1) is 26.7. The second-order valence-electron chi connectivity index (χ2n) is 7.91. The zero-order chi connectivity index (χ0) is 27.4. The van der Waals surface area contributed by atoms with Gasteiger partial charge >= 0.3 is 5.97 Å². The molecule has 0 saturated heterocycles. The number of esters is 1. The van der Waals surface area contributed by atoms with Crippen molar-refractivity contribution in [2.24, 2.45) is 0 Å². The number of amides is 3. The summed E-state index contributed by atoms with van der Waals surface area (Å²) in [5.74, 6) is -1.97. The average Bonchev–Trinajstić information content (AvgIpc) is 3.12. The van der Waals surface area contributed by atoms with E-state index in [1.165, 1.54) is 37.4 Å². The molecule has 11 heteroatoms. The fourth-order valence-corrected chi connectivity index (χ4v) is 4.05. The van der Waals surface area contributed by atoms with E-state index in [-0.39, 0.29) is 34.2 Å². The van der Waals surface area contributed by atoms with E-state index in [4.69, 9.17) is 32.7 Å². The largest absolute Gasteiger partial charge is 0.495 e. The van der Waals surface area contributed by atoms with Crippen molar-refractivity contribution in [2.45, 2.75) is 6.92 Å². The number of methoxy groups -OCH3 is 1. The van der Waals surface area contributed by atoms with Crippen molar-refractivity contribution >= 4 is 64.0 Å². The third-order valence-corrected chi connectivity index (χ3v) is 6.05. The van der Waals surface area contributed by atoms with Crippen LogP contribution in [0.15, 0.2) is 77.5 Å². The SMILES string of the molecule is CCOC(=O)c1ccc(N2C(=O)C(Cl)=C(Nc3cccc(C(=O)Nc4cc(Cl)ccc4OC)c3)C2=O)cc1. The number of carbonyl (C=O) groups is 4. The number of benzene rings is 3. The molecule has 0 aromatic heterocycles. The molecule has 2 N–H and O–H groups in total. The Balaban J connectivity index is 1.52. The Hall–Kier alpha value is -4.34. The molecule has 0 spiro atoms. The lowest BCUT2D eigenvalue weighted by molar-refractivity contribution is -0.120. The molecule has 0 saturated carbocycles. The zero-order valence-corrected chi connectivity index (χ0v) is 21.7. The minimum Gasteiger partial charge on any atom is -0.495 e. The molecule has 194 valence electrons. The van der Waals surface area contributed by atoms with Crippen molar-refractivity contribution in [2.75, 3.05) is 29.3 Å². The highest BCUT2D eigenvalue weighted by atomic mass is 35.5. The number of anilines is 3. The first-order valence-electron chi connectivity index (χ1n) is 11.3. The summed E-state index contributed by atoms with van der Waals surface area (Å²) in [6.07, 6.45) is 0. The molecule has 0 atom stereocenters. The van der Waals surface area contributed by atoms with Gasteiger partial charge in [0.1, 0.15) is 16.5 Å². The monoisotopic (exact) mass is 553 g/mol. The van der Waals surface area contributed by atoms with Crippen LogP contribution in [-0.4, -0.2) is 37.4 Å². The number of carbonyl (C=O) groups excluding carboxylic acids is 4. The number of halogens is 2. The molecule has 9 nitrogen and oxygen atoms in total. The fourth-order valence-electron chi connectivity index (χ4n) is 3.66. The van der Waals surface area contributed by atoms with Gasteiger partial charge in [-0.2, -0.15) is 0 Å². The minimum atomic E-state index is -0.731. The van der Waals surface area contributed by atoms with Gasteiger partial charge in [-0.05, 0) is 67.6 Å². The average molecular weight is 554 g/mol. The highest BCUT2D eigenvalue weighted by molar-refractivity contribution is 6.53.